The van der Waals surface area contributed by atoms with Crippen molar-refractivity contribution in [2.75, 3.05) is 18.9 Å². The molecule has 2 rings (SSSR count). The maximum atomic E-state index is 12.3. The molecule has 0 unspecified atom stereocenters. The van der Waals surface area contributed by atoms with E-state index in [1.807, 2.05) is 4.90 Å². The molecular formula is C16H24N2O2. The minimum Gasteiger partial charge on any atom is -0.484 e. The van der Waals surface area contributed by atoms with Crippen LogP contribution in [-0.2, 0) is 4.79 Å². The second kappa shape index (κ2) is 6.64. The molecule has 1 saturated carbocycles. The zero-order valence-electron chi connectivity index (χ0n) is 12.3. The molecule has 1 aliphatic rings. The first-order valence-electron chi connectivity index (χ1n) is 7.34. The van der Waals surface area contributed by atoms with Gasteiger partial charge in [-0.3, -0.25) is 4.79 Å². The second-order valence-electron chi connectivity index (χ2n) is 5.86. The van der Waals surface area contributed by atoms with Crippen molar-refractivity contribution in [1.29, 1.82) is 0 Å². The minimum atomic E-state index is 0.0879. The average molecular weight is 276 g/mol. The van der Waals surface area contributed by atoms with E-state index in [1.165, 1.54) is 0 Å². The molecule has 1 aromatic rings. The van der Waals surface area contributed by atoms with E-state index in [2.05, 4.69) is 13.8 Å². The van der Waals surface area contributed by atoms with E-state index in [9.17, 15) is 4.79 Å². The van der Waals surface area contributed by atoms with Crippen molar-refractivity contribution >= 4 is 11.6 Å². The monoisotopic (exact) mass is 276 g/mol. The summed E-state index contributed by atoms with van der Waals surface area (Å²) in [5, 5.41) is 0. The van der Waals surface area contributed by atoms with Crippen LogP contribution in [0.4, 0.5) is 5.69 Å². The Morgan fingerprint density at radius 1 is 1.35 bits per heavy atom. The Balaban J connectivity index is 1.83. The van der Waals surface area contributed by atoms with E-state index in [0.717, 1.165) is 25.8 Å². The molecule has 4 nitrogen and oxygen atoms in total. The fourth-order valence-corrected chi connectivity index (χ4v) is 2.09. The third kappa shape index (κ3) is 4.44. The zero-order valence-corrected chi connectivity index (χ0v) is 12.3. The van der Waals surface area contributed by atoms with Gasteiger partial charge in [-0.15, -0.1) is 0 Å². The molecule has 2 N–H and O–H groups in total. The van der Waals surface area contributed by atoms with Gasteiger partial charge in [-0.2, -0.15) is 0 Å². The van der Waals surface area contributed by atoms with E-state index in [4.69, 9.17) is 10.5 Å². The predicted octanol–water partition coefficient (Wildman–Crippen LogP) is 2.68. The van der Waals surface area contributed by atoms with Gasteiger partial charge in [0, 0.05) is 18.3 Å². The summed E-state index contributed by atoms with van der Waals surface area (Å²) in [6, 6.07) is 7.57. The Morgan fingerprint density at radius 2 is 2.00 bits per heavy atom. The molecule has 0 bridgehead atoms. The molecule has 0 radical (unpaired) electrons. The van der Waals surface area contributed by atoms with Crippen molar-refractivity contribution in [3.8, 4) is 5.75 Å². The van der Waals surface area contributed by atoms with E-state index in [-0.39, 0.29) is 12.5 Å². The van der Waals surface area contributed by atoms with Crippen LogP contribution in [0.1, 0.15) is 33.1 Å². The first-order chi connectivity index (χ1) is 9.56. The highest BCUT2D eigenvalue weighted by molar-refractivity contribution is 5.78. The Bertz CT molecular complexity index is 438. The smallest absolute Gasteiger partial charge is 0.260 e. The van der Waals surface area contributed by atoms with Gasteiger partial charge in [0.1, 0.15) is 5.75 Å². The number of hydrogen-bond donors (Lipinski definition) is 1. The van der Waals surface area contributed by atoms with Gasteiger partial charge < -0.3 is 15.4 Å². The number of hydrogen-bond acceptors (Lipinski definition) is 3. The van der Waals surface area contributed by atoms with Crippen LogP contribution >= 0.6 is 0 Å². The topological polar surface area (TPSA) is 55.6 Å². The summed E-state index contributed by atoms with van der Waals surface area (Å²) in [6.07, 6.45) is 3.31. The lowest BCUT2D eigenvalue weighted by Gasteiger charge is -2.23. The number of benzene rings is 1. The van der Waals surface area contributed by atoms with E-state index < -0.39 is 0 Å². The Kier molecular flexibility index (Phi) is 4.88. The Labute approximate surface area is 120 Å². The summed E-state index contributed by atoms with van der Waals surface area (Å²) < 4.78 is 5.54. The second-order valence-corrected chi connectivity index (χ2v) is 5.86. The average Bonchev–Trinajstić information content (AvgIpc) is 3.22. The molecule has 110 valence electrons. The lowest BCUT2D eigenvalue weighted by molar-refractivity contribution is -0.134. The van der Waals surface area contributed by atoms with E-state index in [0.29, 0.717) is 23.4 Å². The van der Waals surface area contributed by atoms with Gasteiger partial charge in [0.15, 0.2) is 6.61 Å². The number of nitrogen functional groups attached to an aromatic ring is 1. The molecule has 0 saturated heterocycles. The molecule has 0 spiro atoms. The highest BCUT2D eigenvalue weighted by atomic mass is 16.5. The molecule has 1 amide bonds. The van der Waals surface area contributed by atoms with Gasteiger partial charge in [0.05, 0.1) is 0 Å². The first-order valence-corrected chi connectivity index (χ1v) is 7.34. The van der Waals surface area contributed by atoms with Crippen LogP contribution in [0.5, 0.6) is 5.75 Å². The molecule has 1 aliphatic carbocycles. The quantitative estimate of drug-likeness (QED) is 0.779. The van der Waals surface area contributed by atoms with Crippen LogP contribution in [0.3, 0.4) is 0 Å². The van der Waals surface area contributed by atoms with Crippen LogP contribution in [0.2, 0.25) is 0 Å². The largest absolute Gasteiger partial charge is 0.484 e. The fourth-order valence-electron chi connectivity index (χ4n) is 2.09. The molecule has 1 fully saturated rings. The highest BCUT2D eigenvalue weighted by Crippen LogP contribution is 2.27. The number of rotatable bonds is 7. The van der Waals surface area contributed by atoms with Gasteiger partial charge in [-0.25, -0.2) is 0 Å². The highest BCUT2D eigenvalue weighted by Gasteiger charge is 2.32. The minimum absolute atomic E-state index is 0.0879. The molecule has 20 heavy (non-hydrogen) atoms. The predicted molar refractivity (Wildman–Crippen MR) is 80.5 cm³/mol. The summed E-state index contributed by atoms with van der Waals surface area (Å²) in [4.78, 5) is 14.2. The standard InChI is InChI=1S/C16H24N2O2/c1-12(2)9-10-18(14-5-6-14)16(19)11-20-15-7-3-13(17)4-8-15/h3-4,7-8,12,14H,5-6,9-11,17H2,1-2H3. The van der Waals surface area contributed by atoms with E-state index >= 15 is 0 Å². The van der Waals surface area contributed by atoms with Crippen LogP contribution in [0.25, 0.3) is 0 Å². The summed E-state index contributed by atoms with van der Waals surface area (Å²) >= 11 is 0. The molecule has 4 heteroatoms. The van der Waals surface area contributed by atoms with Gasteiger partial charge in [-0.05, 0) is 49.4 Å². The molecule has 0 atom stereocenters. The van der Waals surface area contributed by atoms with Crippen LogP contribution in [0.15, 0.2) is 24.3 Å². The number of nitrogens with zero attached hydrogens (tertiary/aromatic N) is 1. The SMILES string of the molecule is CC(C)CCN(C(=O)COc1ccc(N)cc1)C1CC1. The van der Waals surface area contributed by atoms with Gasteiger partial charge >= 0.3 is 0 Å². The number of carbonyl (C=O) groups is 1. The van der Waals surface area contributed by atoms with Gasteiger partial charge in [0.2, 0.25) is 0 Å². The third-order valence-corrected chi connectivity index (χ3v) is 3.50. The number of carbonyl (C=O) groups excluding carboxylic acids is 1. The Hall–Kier alpha value is -1.71. The van der Waals surface area contributed by atoms with Crippen LogP contribution in [-0.4, -0.2) is 30.0 Å². The van der Waals surface area contributed by atoms with Crippen molar-refractivity contribution in [2.24, 2.45) is 5.92 Å². The van der Waals surface area contributed by atoms with Gasteiger partial charge in [0.25, 0.3) is 5.91 Å². The summed E-state index contributed by atoms with van der Waals surface area (Å²) in [5.74, 6) is 1.39. The van der Waals surface area contributed by atoms with Crippen molar-refractivity contribution < 1.29 is 9.53 Å². The maximum Gasteiger partial charge on any atom is 0.260 e. The van der Waals surface area contributed by atoms with Gasteiger partial charge in [-0.1, -0.05) is 13.8 Å². The fraction of sp³-hybridized carbons (Fsp3) is 0.562. The first kappa shape index (κ1) is 14.7. The molecule has 0 aromatic heterocycles. The van der Waals surface area contributed by atoms with Crippen molar-refractivity contribution in [2.45, 2.75) is 39.2 Å². The summed E-state index contributed by atoms with van der Waals surface area (Å²) in [6.45, 7) is 5.31. The molecule has 0 aliphatic heterocycles. The number of nitrogens with two attached hydrogens (primary N) is 1. The van der Waals surface area contributed by atoms with Crippen LogP contribution < -0.4 is 10.5 Å². The molecule has 1 aromatic carbocycles. The maximum absolute atomic E-state index is 12.3. The summed E-state index contributed by atoms with van der Waals surface area (Å²) in [7, 11) is 0. The normalized spacial score (nSPS) is 14.3. The van der Waals surface area contributed by atoms with E-state index in [1.54, 1.807) is 24.3 Å². The van der Waals surface area contributed by atoms with Crippen molar-refractivity contribution in [3.63, 3.8) is 0 Å². The number of anilines is 1. The third-order valence-electron chi connectivity index (χ3n) is 3.50. The Morgan fingerprint density at radius 3 is 2.55 bits per heavy atom. The van der Waals surface area contributed by atoms with Crippen LogP contribution in [0, 0.1) is 5.92 Å². The lowest BCUT2D eigenvalue weighted by Crippen LogP contribution is -2.37. The number of amides is 1. The van der Waals surface area contributed by atoms with Crippen molar-refractivity contribution in [1.82, 2.24) is 4.90 Å². The summed E-state index contributed by atoms with van der Waals surface area (Å²) in [5.41, 5.74) is 6.31. The van der Waals surface area contributed by atoms with Crippen molar-refractivity contribution in [3.05, 3.63) is 24.3 Å². The number of ether oxygens (including phenoxy) is 1. The lowest BCUT2D eigenvalue weighted by atomic mass is 10.1. The molecule has 0 heterocycles. The molecular weight excluding hydrogens is 252 g/mol. The zero-order chi connectivity index (χ0) is 14.5.